The third-order valence-corrected chi connectivity index (χ3v) is 4.48. The molecule has 1 aliphatic rings. The van der Waals surface area contributed by atoms with Crippen molar-refractivity contribution in [1.82, 2.24) is 5.32 Å². The normalized spacial score (nSPS) is 16.7. The van der Waals surface area contributed by atoms with Gasteiger partial charge < -0.3 is 16.4 Å². The second-order valence-electron chi connectivity index (χ2n) is 6.22. The molecule has 26 heavy (non-hydrogen) atoms. The van der Waals surface area contributed by atoms with Gasteiger partial charge in [-0.15, -0.1) is 0 Å². The second-order valence-corrected chi connectivity index (χ2v) is 6.22. The monoisotopic (exact) mass is 344 g/mol. The quantitative estimate of drug-likeness (QED) is 0.797. The van der Waals surface area contributed by atoms with Gasteiger partial charge >= 0.3 is 0 Å². The van der Waals surface area contributed by atoms with Crippen LogP contribution in [0.15, 0.2) is 77.3 Å². The van der Waals surface area contributed by atoms with Gasteiger partial charge in [0.2, 0.25) is 0 Å². The summed E-state index contributed by atoms with van der Waals surface area (Å²) in [6.07, 6.45) is 0. The minimum Gasteiger partial charge on any atom is -0.384 e. The highest BCUT2D eigenvalue weighted by Gasteiger charge is 2.33. The predicted molar refractivity (Wildman–Crippen MR) is 102 cm³/mol. The summed E-state index contributed by atoms with van der Waals surface area (Å²) >= 11 is 0. The topological polar surface area (TPSA) is 90.9 Å². The number of nitrogens with one attached hydrogen (secondary N) is 2. The Bertz CT molecular complexity index is 951. The van der Waals surface area contributed by atoms with Crippen molar-refractivity contribution in [3.8, 4) is 6.07 Å². The van der Waals surface area contributed by atoms with Crippen LogP contribution in [0, 0.1) is 18.3 Å². The van der Waals surface area contributed by atoms with Crippen LogP contribution >= 0.6 is 0 Å². The molecule has 1 amide bonds. The van der Waals surface area contributed by atoms with E-state index in [0.29, 0.717) is 16.8 Å². The molecule has 2 aromatic rings. The molecule has 130 valence electrons. The van der Waals surface area contributed by atoms with E-state index in [-0.39, 0.29) is 11.7 Å². The van der Waals surface area contributed by atoms with Crippen LogP contribution in [0.3, 0.4) is 0 Å². The fourth-order valence-corrected chi connectivity index (χ4v) is 3.16. The number of para-hydroxylation sites is 1. The molecule has 1 heterocycles. The predicted octanol–water partition coefficient (Wildman–Crippen LogP) is 3.29. The Morgan fingerprint density at radius 2 is 1.77 bits per heavy atom. The van der Waals surface area contributed by atoms with Gasteiger partial charge in [-0.25, -0.2) is 0 Å². The van der Waals surface area contributed by atoms with Gasteiger partial charge in [-0.3, -0.25) is 4.79 Å². The zero-order valence-electron chi connectivity index (χ0n) is 14.7. The number of hydrogen-bond acceptors (Lipinski definition) is 4. The number of carbonyl (C=O) groups is 1. The Morgan fingerprint density at radius 1 is 1.12 bits per heavy atom. The summed E-state index contributed by atoms with van der Waals surface area (Å²) < 4.78 is 0. The number of aryl methyl sites for hydroxylation is 1. The molecule has 0 aromatic heterocycles. The molecule has 0 saturated carbocycles. The number of nitrogens with two attached hydrogens (primary N) is 1. The molecule has 4 N–H and O–H groups in total. The van der Waals surface area contributed by atoms with Crippen molar-refractivity contribution >= 4 is 11.6 Å². The fraction of sp³-hybridized carbons (Fsp3) is 0.143. The van der Waals surface area contributed by atoms with E-state index in [9.17, 15) is 10.1 Å². The highest BCUT2D eigenvalue weighted by molar-refractivity contribution is 6.06. The van der Waals surface area contributed by atoms with Crippen LogP contribution in [0.2, 0.25) is 0 Å². The van der Waals surface area contributed by atoms with Crippen molar-refractivity contribution in [1.29, 1.82) is 5.26 Å². The third-order valence-electron chi connectivity index (χ3n) is 4.48. The second kappa shape index (κ2) is 7.16. The number of rotatable bonds is 3. The Labute approximate surface area is 152 Å². The molecule has 0 radical (unpaired) electrons. The lowest BCUT2D eigenvalue weighted by atomic mass is 9.81. The van der Waals surface area contributed by atoms with Crippen LogP contribution < -0.4 is 16.4 Å². The Kier molecular flexibility index (Phi) is 4.76. The summed E-state index contributed by atoms with van der Waals surface area (Å²) in [6, 6.07) is 19.2. The molecule has 0 bridgehead atoms. The number of nitrogens with zero attached hydrogens (tertiary/aromatic N) is 1. The molecule has 0 fully saturated rings. The highest BCUT2D eigenvalue weighted by Crippen LogP contribution is 2.37. The zero-order valence-corrected chi connectivity index (χ0v) is 14.7. The Hall–Kier alpha value is -3.52. The number of hydrogen-bond donors (Lipinski definition) is 3. The summed E-state index contributed by atoms with van der Waals surface area (Å²) in [5.41, 5.74) is 10.1. The van der Waals surface area contributed by atoms with Crippen molar-refractivity contribution in [3.05, 3.63) is 88.4 Å². The smallest absolute Gasteiger partial charge is 0.254 e. The minimum atomic E-state index is -0.508. The van der Waals surface area contributed by atoms with Crippen molar-refractivity contribution < 1.29 is 4.79 Å². The molecule has 5 nitrogen and oxygen atoms in total. The summed E-state index contributed by atoms with van der Waals surface area (Å²) in [6.45, 7) is 3.73. The largest absolute Gasteiger partial charge is 0.384 e. The molecule has 2 aromatic carbocycles. The van der Waals surface area contributed by atoms with Crippen molar-refractivity contribution in [2.75, 3.05) is 5.32 Å². The standard InChI is InChI=1S/C21H20N4O/c1-13-8-6-7-11-17(13)25-21(26)18-14(2)24-20(23)16(12-22)19(18)15-9-4-3-5-10-15/h3-11,19,24H,23H2,1-2H3,(H,25,26). The molecule has 3 rings (SSSR count). The number of dihydropyridines is 1. The number of benzene rings is 2. The molecular weight excluding hydrogens is 324 g/mol. The number of allylic oxidation sites excluding steroid dienone is 2. The molecular formula is C21H20N4O. The average molecular weight is 344 g/mol. The van der Waals surface area contributed by atoms with E-state index in [1.165, 1.54) is 0 Å². The van der Waals surface area contributed by atoms with Crippen LogP contribution in [-0.2, 0) is 4.79 Å². The van der Waals surface area contributed by atoms with E-state index in [4.69, 9.17) is 5.73 Å². The maximum atomic E-state index is 13.1. The number of carbonyl (C=O) groups excluding carboxylic acids is 1. The maximum absolute atomic E-state index is 13.1. The Balaban J connectivity index is 2.05. The van der Waals surface area contributed by atoms with E-state index in [2.05, 4.69) is 16.7 Å². The molecule has 0 aliphatic carbocycles. The molecule has 0 saturated heterocycles. The number of anilines is 1. The van der Waals surface area contributed by atoms with E-state index in [1.807, 2.05) is 61.5 Å². The SMILES string of the molecule is CC1=C(C(=O)Nc2ccccc2C)C(c2ccccc2)C(C#N)=C(N)N1. The first-order valence-corrected chi connectivity index (χ1v) is 8.32. The van der Waals surface area contributed by atoms with Gasteiger partial charge in [-0.2, -0.15) is 5.26 Å². The molecule has 5 heteroatoms. The van der Waals surface area contributed by atoms with E-state index < -0.39 is 5.92 Å². The van der Waals surface area contributed by atoms with Gasteiger partial charge in [0.25, 0.3) is 5.91 Å². The van der Waals surface area contributed by atoms with E-state index in [1.54, 1.807) is 6.92 Å². The van der Waals surface area contributed by atoms with Crippen molar-refractivity contribution in [2.45, 2.75) is 19.8 Å². The third kappa shape index (κ3) is 3.17. The van der Waals surface area contributed by atoms with Gasteiger partial charge in [0.05, 0.1) is 17.6 Å². The first kappa shape index (κ1) is 17.3. The van der Waals surface area contributed by atoms with Crippen LogP contribution in [0.1, 0.15) is 24.0 Å². The summed E-state index contributed by atoms with van der Waals surface area (Å²) in [5, 5.41) is 15.6. The minimum absolute atomic E-state index is 0.251. The first-order chi connectivity index (χ1) is 12.5. The first-order valence-electron chi connectivity index (χ1n) is 8.32. The van der Waals surface area contributed by atoms with E-state index >= 15 is 0 Å². The lowest BCUT2D eigenvalue weighted by Crippen LogP contribution is -2.34. The fourth-order valence-electron chi connectivity index (χ4n) is 3.16. The van der Waals surface area contributed by atoms with Gasteiger partial charge in [0, 0.05) is 17.0 Å². The van der Waals surface area contributed by atoms with Crippen LogP contribution in [0.5, 0.6) is 0 Å². The van der Waals surface area contributed by atoms with Crippen LogP contribution in [-0.4, -0.2) is 5.91 Å². The summed E-state index contributed by atoms with van der Waals surface area (Å²) in [4.78, 5) is 13.1. The van der Waals surface area contributed by atoms with Gasteiger partial charge in [0.15, 0.2) is 0 Å². The lowest BCUT2D eigenvalue weighted by Gasteiger charge is -2.28. The number of amides is 1. The number of nitriles is 1. The molecule has 1 atom stereocenters. The Morgan fingerprint density at radius 3 is 2.42 bits per heavy atom. The van der Waals surface area contributed by atoms with Gasteiger partial charge in [-0.05, 0) is 31.0 Å². The molecule has 0 spiro atoms. The summed E-state index contributed by atoms with van der Waals surface area (Å²) in [5.74, 6) is -0.476. The van der Waals surface area contributed by atoms with E-state index in [0.717, 1.165) is 16.8 Å². The molecule has 1 aliphatic heterocycles. The van der Waals surface area contributed by atoms with Crippen LogP contribution in [0.4, 0.5) is 5.69 Å². The lowest BCUT2D eigenvalue weighted by molar-refractivity contribution is -0.113. The maximum Gasteiger partial charge on any atom is 0.254 e. The highest BCUT2D eigenvalue weighted by atomic mass is 16.1. The molecule has 1 unspecified atom stereocenters. The van der Waals surface area contributed by atoms with Crippen molar-refractivity contribution in [3.63, 3.8) is 0 Å². The van der Waals surface area contributed by atoms with Crippen molar-refractivity contribution in [2.24, 2.45) is 5.73 Å². The zero-order chi connectivity index (χ0) is 18.7. The average Bonchev–Trinajstić information content (AvgIpc) is 2.63. The van der Waals surface area contributed by atoms with Crippen LogP contribution in [0.25, 0.3) is 0 Å². The summed E-state index contributed by atoms with van der Waals surface area (Å²) in [7, 11) is 0. The van der Waals surface area contributed by atoms with Gasteiger partial charge in [-0.1, -0.05) is 48.5 Å². The van der Waals surface area contributed by atoms with Gasteiger partial charge in [0.1, 0.15) is 5.82 Å².